The van der Waals surface area contributed by atoms with Crippen LogP contribution < -0.4 is 10.2 Å². The molecule has 2 aliphatic rings. The van der Waals surface area contributed by atoms with Gasteiger partial charge in [-0.1, -0.05) is 41.6 Å². The van der Waals surface area contributed by atoms with E-state index in [0.717, 1.165) is 43.6 Å². The number of hydrogen-bond acceptors (Lipinski definition) is 6. The van der Waals surface area contributed by atoms with Gasteiger partial charge in [0.15, 0.2) is 0 Å². The van der Waals surface area contributed by atoms with E-state index in [1.165, 1.54) is 11.6 Å². The summed E-state index contributed by atoms with van der Waals surface area (Å²) in [5.41, 5.74) is 4.56. The van der Waals surface area contributed by atoms with E-state index in [1.807, 2.05) is 24.3 Å². The summed E-state index contributed by atoms with van der Waals surface area (Å²) in [6.45, 7) is 2.76. The molecule has 0 aliphatic carbocycles. The molecule has 0 atom stereocenters. The van der Waals surface area contributed by atoms with E-state index in [4.69, 9.17) is 9.94 Å². The lowest BCUT2D eigenvalue weighted by atomic mass is 9.81. The Bertz CT molecular complexity index is 964. The van der Waals surface area contributed by atoms with Gasteiger partial charge in [0.25, 0.3) is 5.91 Å². The lowest BCUT2D eigenvalue weighted by Gasteiger charge is -2.44. The number of nitrogens with one attached hydrogen (secondary N) is 1. The van der Waals surface area contributed by atoms with Crippen molar-refractivity contribution in [2.75, 3.05) is 13.1 Å². The number of hydroxylamine groups is 1. The maximum atomic E-state index is 11.2. The van der Waals surface area contributed by atoms with Gasteiger partial charge in [0.2, 0.25) is 0 Å². The highest BCUT2D eigenvalue weighted by atomic mass is 16.5. The highest BCUT2D eigenvalue weighted by Gasteiger charge is 2.42. The molecule has 7 nitrogen and oxygen atoms in total. The van der Waals surface area contributed by atoms with Crippen molar-refractivity contribution < 1.29 is 19.9 Å². The number of fused-ring (bicyclic) bond motifs is 1. The quantitative estimate of drug-likeness (QED) is 0.313. The third-order valence-corrected chi connectivity index (χ3v) is 5.80. The number of benzene rings is 2. The maximum absolute atomic E-state index is 11.2. The first-order valence-electron chi connectivity index (χ1n) is 10.0. The number of piperidine rings is 1. The molecule has 156 valence electrons. The normalized spacial score (nSPS) is 19.6. The number of carbonyl (C=O) groups is 1. The Morgan fingerprint density at radius 2 is 1.97 bits per heavy atom. The van der Waals surface area contributed by atoms with Crippen molar-refractivity contribution in [3.05, 3.63) is 71.3 Å². The highest BCUT2D eigenvalue weighted by molar-refractivity contribution is 6.04. The number of carbonyl (C=O) groups excluding carboxylic acids is 1. The number of nitrogens with zero attached hydrogens (tertiary/aromatic N) is 2. The Balaban J connectivity index is 1.47. The average molecular weight is 407 g/mol. The largest absolute Gasteiger partial charge is 0.486 e. The number of ether oxygens (including phenoxy) is 1. The molecule has 7 heteroatoms. The minimum absolute atomic E-state index is 0.365. The van der Waals surface area contributed by atoms with Crippen LogP contribution in [0.25, 0.3) is 6.08 Å². The predicted octanol–water partition coefficient (Wildman–Crippen LogP) is 3.20. The van der Waals surface area contributed by atoms with Crippen LogP contribution in [0.3, 0.4) is 0 Å². The zero-order valence-electron chi connectivity index (χ0n) is 16.6. The van der Waals surface area contributed by atoms with Crippen LogP contribution in [0.4, 0.5) is 0 Å². The first-order valence-corrected chi connectivity index (χ1v) is 10.0. The van der Waals surface area contributed by atoms with E-state index < -0.39 is 5.91 Å². The highest BCUT2D eigenvalue weighted by Crippen LogP contribution is 2.40. The fourth-order valence-corrected chi connectivity index (χ4v) is 4.17. The van der Waals surface area contributed by atoms with Crippen molar-refractivity contribution in [1.82, 2.24) is 10.4 Å². The average Bonchev–Trinajstić information content (AvgIpc) is 2.79. The Morgan fingerprint density at radius 1 is 1.20 bits per heavy atom. The standard InChI is InChI=1S/C23H25N3O4/c27-22(25-29)9-7-17-6-8-21-19(14-17)20(24-28)15-23(30-21)10-12-26(13-11-23)16-18-4-2-1-3-5-18/h1-9,14,28-29H,10-13,15-16H2,(H,25,27). The fourth-order valence-electron chi connectivity index (χ4n) is 4.17. The number of amides is 1. The number of likely N-dealkylation sites (tertiary alicyclic amines) is 1. The SMILES string of the molecule is O=C(C=Cc1ccc2c(c1)C(=NO)CC1(CCN(Cc3ccccc3)CC1)O2)NO. The summed E-state index contributed by atoms with van der Waals surface area (Å²) in [6, 6.07) is 15.9. The van der Waals surface area contributed by atoms with Crippen LogP contribution in [0.5, 0.6) is 5.75 Å². The van der Waals surface area contributed by atoms with Crippen molar-refractivity contribution in [3.63, 3.8) is 0 Å². The molecule has 3 N–H and O–H groups in total. The minimum atomic E-state index is -0.610. The molecule has 1 spiro atoms. The van der Waals surface area contributed by atoms with Crippen molar-refractivity contribution in [3.8, 4) is 5.75 Å². The third kappa shape index (κ3) is 4.37. The van der Waals surface area contributed by atoms with E-state index in [0.29, 0.717) is 17.9 Å². The molecule has 0 bridgehead atoms. The smallest absolute Gasteiger partial charge is 0.267 e. The van der Waals surface area contributed by atoms with Gasteiger partial charge in [-0.25, -0.2) is 5.48 Å². The molecular formula is C23H25N3O4. The molecule has 1 saturated heterocycles. The summed E-state index contributed by atoms with van der Waals surface area (Å²) in [7, 11) is 0. The minimum Gasteiger partial charge on any atom is -0.486 e. The summed E-state index contributed by atoms with van der Waals surface area (Å²) >= 11 is 0. The van der Waals surface area contributed by atoms with Gasteiger partial charge < -0.3 is 9.94 Å². The Morgan fingerprint density at radius 3 is 2.67 bits per heavy atom. The monoisotopic (exact) mass is 407 g/mol. The summed E-state index contributed by atoms with van der Waals surface area (Å²) in [4.78, 5) is 13.6. The number of oxime groups is 1. The molecule has 2 aliphatic heterocycles. The molecule has 0 aromatic heterocycles. The molecule has 2 heterocycles. The first kappa shape index (κ1) is 20.1. The van der Waals surface area contributed by atoms with Gasteiger partial charge in [0.1, 0.15) is 11.4 Å². The van der Waals surface area contributed by atoms with Gasteiger partial charge in [-0.3, -0.25) is 14.9 Å². The molecule has 1 amide bonds. The second kappa shape index (κ2) is 8.69. The predicted molar refractivity (Wildman–Crippen MR) is 113 cm³/mol. The third-order valence-electron chi connectivity index (χ3n) is 5.80. The van der Waals surface area contributed by atoms with Crippen LogP contribution in [0.1, 0.15) is 36.0 Å². The lowest BCUT2D eigenvalue weighted by molar-refractivity contribution is -0.124. The number of hydrogen-bond donors (Lipinski definition) is 3. The van der Waals surface area contributed by atoms with Crippen molar-refractivity contribution in [1.29, 1.82) is 0 Å². The molecule has 30 heavy (non-hydrogen) atoms. The van der Waals surface area contributed by atoms with E-state index in [2.05, 4.69) is 34.3 Å². The summed E-state index contributed by atoms with van der Waals surface area (Å²) in [5.74, 6) is 0.0792. The van der Waals surface area contributed by atoms with Crippen molar-refractivity contribution in [2.45, 2.75) is 31.4 Å². The zero-order valence-corrected chi connectivity index (χ0v) is 16.6. The number of rotatable bonds is 4. The van der Waals surface area contributed by atoms with Gasteiger partial charge in [-0.15, -0.1) is 0 Å². The molecule has 0 radical (unpaired) electrons. The summed E-state index contributed by atoms with van der Waals surface area (Å²) in [5, 5.41) is 21.8. The van der Waals surface area contributed by atoms with Crippen LogP contribution in [-0.4, -0.2) is 45.6 Å². The molecule has 0 unspecified atom stereocenters. The maximum Gasteiger partial charge on any atom is 0.267 e. The molecule has 2 aromatic carbocycles. The van der Waals surface area contributed by atoms with Gasteiger partial charge in [0.05, 0.1) is 5.71 Å². The van der Waals surface area contributed by atoms with Crippen LogP contribution in [-0.2, 0) is 11.3 Å². The van der Waals surface area contributed by atoms with Crippen LogP contribution in [0.2, 0.25) is 0 Å². The summed E-state index contributed by atoms with van der Waals surface area (Å²) < 4.78 is 6.43. The topological polar surface area (TPSA) is 94.4 Å². The zero-order chi connectivity index (χ0) is 21.0. The van der Waals surface area contributed by atoms with Crippen LogP contribution in [0.15, 0.2) is 59.8 Å². The Kier molecular flexibility index (Phi) is 5.83. The van der Waals surface area contributed by atoms with E-state index >= 15 is 0 Å². The summed E-state index contributed by atoms with van der Waals surface area (Å²) in [6.07, 6.45) is 5.06. The second-order valence-corrected chi connectivity index (χ2v) is 7.84. The van der Waals surface area contributed by atoms with Gasteiger partial charge >= 0.3 is 0 Å². The van der Waals surface area contributed by atoms with E-state index in [-0.39, 0.29) is 5.60 Å². The van der Waals surface area contributed by atoms with Crippen molar-refractivity contribution >= 4 is 17.7 Å². The fraction of sp³-hybridized carbons (Fsp3) is 0.304. The Hall–Kier alpha value is -3.16. The van der Waals surface area contributed by atoms with E-state index in [1.54, 1.807) is 11.6 Å². The molecular weight excluding hydrogens is 382 g/mol. The first-order chi connectivity index (χ1) is 14.6. The van der Waals surface area contributed by atoms with Crippen LogP contribution >= 0.6 is 0 Å². The van der Waals surface area contributed by atoms with Gasteiger partial charge in [-0.2, -0.15) is 0 Å². The molecule has 4 rings (SSSR count). The Labute approximate surface area is 175 Å². The van der Waals surface area contributed by atoms with Crippen LogP contribution in [0, 0.1) is 0 Å². The van der Waals surface area contributed by atoms with Gasteiger partial charge in [0, 0.05) is 50.5 Å². The second-order valence-electron chi connectivity index (χ2n) is 7.84. The lowest BCUT2D eigenvalue weighted by Crippen LogP contribution is -2.50. The van der Waals surface area contributed by atoms with E-state index in [9.17, 15) is 10.0 Å². The van der Waals surface area contributed by atoms with Gasteiger partial charge in [-0.05, 0) is 29.3 Å². The molecule has 0 saturated carbocycles. The molecule has 2 aromatic rings. The van der Waals surface area contributed by atoms with Crippen molar-refractivity contribution in [2.24, 2.45) is 5.16 Å². The molecule has 1 fully saturated rings.